The number of carbonyl (C=O) groups excluding carboxylic acids is 3. The van der Waals surface area contributed by atoms with Gasteiger partial charge in [-0.3, -0.25) is 14.5 Å². The summed E-state index contributed by atoms with van der Waals surface area (Å²) < 4.78 is 15.4. The lowest BCUT2D eigenvalue weighted by atomic mass is 9.62. The highest BCUT2D eigenvalue weighted by molar-refractivity contribution is 6.02. The third-order valence-corrected chi connectivity index (χ3v) is 5.54. The summed E-state index contributed by atoms with van der Waals surface area (Å²) in [5.74, 6) is -1.52. The Kier molecular flexibility index (Phi) is 5.72. The lowest BCUT2D eigenvalue weighted by Crippen LogP contribution is -2.66. The van der Waals surface area contributed by atoms with Crippen LogP contribution in [0.15, 0.2) is 42.0 Å². The van der Waals surface area contributed by atoms with Gasteiger partial charge < -0.3 is 14.2 Å². The van der Waals surface area contributed by atoms with E-state index in [0.717, 1.165) is 11.1 Å². The number of esters is 2. The van der Waals surface area contributed by atoms with Crippen molar-refractivity contribution in [2.24, 2.45) is 11.3 Å². The molecule has 2 heterocycles. The van der Waals surface area contributed by atoms with E-state index < -0.39 is 29.5 Å². The Bertz CT molecular complexity index is 771. The summed E-state index contributed by atoms with van der Waals surface area (Å²) in [6.45, 7) is 2.43. The molecule has 2 atom stereocenters. The van der Waals surface area contributed by atoms with E-state index in [0.29, 0.717) is 13.0 Å². The zero-order chi connectivity index (χ0) is 20.3. The number of carbonyl (C=O) groups is 3. The maximum absolute atomic E-state index is 12.9. The third kappa shape index (κ3) is 3.25. The molecule has 1 aromatic carbocycles. The SMILES string of the molecule is CCC1=C[C@H]2CN(C(=O)OCc3ccccc3)[C@@H]1C(C(=O)OC)(C(=O)OC)C2. The highest BCUT2D eigenvalue weighted by atomic mass is 16.6. The molecule has 0 unspecified atom stereocenters. The second-order valence-corrected chi connectivity index (χ2v) is 7.11. The van der Waals surface area contributed by atoms with Crippen LogP contribution in [0.3, 0.4) is 0 Å². The number of hydrogen-bond donors (Lipinski definition) is 0. The van der Waals surface area contributed by atoms with Gasteiger partial charge in [-0.15, -0.1) is 0 Å². The molecule has 4 rings (SSSR count). The van der Waals surface area contributed by atoms with Crippen LogP contribution in [0.4, 0.5) is 4.79 Å². The van der Waals surface area contributed by atoms with E-state index in [2.05, 4.69) is 6.08 Å². The van der Waals surface area contributed by atoms with Gasteiger partial charge in [-0.25, -0.2) is 4.79 Å². The van der Waals surface area contributed by atoms with Gasteiger partial charge in [0.25, 0.3) is 0 Å². The summed E-state index contributed by atoms with van der Waals surface area (Å²) in [7, 11) is 2.48. The Morgan fingerprint density at radius 2 is 1.75 bits per heavy atom. The van der Waals surface area contributed by atoms with Crippen molar-refractivity contribution in [1.29, 1.82) is 0 Å². The van der Waals surface area contributed by atoms with Crippen molar-refractivity contribution in [3.05, 3.63) is 47.5 Å². The summed E-state index contributed by atoms with van der Waals surface area (Å²) in [5.41, 5.74) is 0.129. The van der Waals surface area contributed by atoms with Crippen molar-refractivity contribution >= 4 is 18.0 Å². The highest BCUT2D eigenvalue weighted by Crippen LogP contribution is 2.49. The van der Waals surface area contributed by atoms with Crippen molar-refractivity contribution in [1.82, 2.24) is 4.90 Å². The standard InChI is InChI=1S/C21H25NO6/c1-4-16-10-15-11-21(18(23)26-2,19(24)27-3)17(16)22(12-15)20(25)28-13-14-8-6-5-7-9-14/h5-10,15,17H,4,11-13H2,1-3H3/t15-,17+/m1/s1. The number of nitrogens with zero attached hydrogens (tertiary/aromatic N) is 1. The van der Waals surface area contributed by atoms with Crippen LogP contribution in [0.2, 0.25) is 0 Å². The van der Waals surface area contributed by atoms with Gasteiger partial charge in [0.1, 0.15) is 6.61 Å². The topological polar surface area (TPSA) is 82.1 Å². The molecule has 0 aromatic heterocycles. The van der Waals surface area contributed by atoms with E-state index in [1.807, 2.05) is 37.3 Å². The molecule has 0 radical (unpaired) electrons. The van der Waals surface area contributed by atoms with Crippen LogP contribution in [-0.2, 0) is 30.4 Å². The van der Waals surface area contributed by atoms with E-state index in [1.165, 1.54) is 19.1 Å². The van der Waals surface area contributed by atoms with Crippen molar-refractivity contribution in [3.63, 3.8) is 0 Å². The number of benzene rings is 1. The lowest BCUT2D eigenvalue weighted by molar-refractivity contribution is -0.179. The summed E-state index contributed by atoms with van der Waals surface area (Å²) in [6.07, 6.45) is 2.34. The second kappa shape index (κ2) is 8.04. The molecule has 0 saturated carbocycles. The molecule has 7 nitrogen and oxygen atoms in total. The fourth-order valence-corrected chi connectivity index (χ4v) is 4.37. The van der Waals surface area contributed by atoms with Crippen LogP contribution in [0.25, 0.3) is 0 Å². The Morgan fingerprint density at radius 1 is 1.11 bits per heavy atom. The van der Waals surface area contributed by atoms with Crippen LogP contribution < -0.4 is 0 Å². The number of amides is 1. The molecule has 150 valence electrons. The summed E-state index contributed by atoms with van der Waals surface area (Å²) >= 11 is 0. The zero-order valence-corrected chi connectivity index (χ0v) is 16.3. The summed E-state index contributed by atoms with van der Waals surface area (Å²) in [5, 5.41) is 0. The summed E-state index contributed by atoms with van der Waals surface area (Å²) in [4.78, 5) is 39.9. The maximum atomic E-state index is 12.9. The molecule has 28 heavy (non-hydrogen) atoms. The number of ether oxygens (including phenoxy) is 3. The lowest BCUT2D eigenvalue weighted by Gasteiger charge is -2.52. The minimum Gasteiger partial charge on any atom is -0.468 e. The molecule has 2 aliphatic heterocycles. The van der Waals surface area contributed by atoms with Crippen molar-refractivity contribution < 1.29 is 28.6 Å². The number of methoxy groups -OCH3 is 2. The number of rotatable bonds is 5. The average Bonchev–Trinajstić information content (AvgIpc) is 2.76. The molecule has 1 amide bonds. The molecular weight excluding hydrogens is 362 g/mol. The first kappa shape index (κ1) is 19.9. The molecule has 1 saturated heterocycles. The van der Waals surface area contributed by atoms with Crippen molar-refractivity contribution in [2.45, 2.75) is 32.4 Å². The predicted octanol–water partition coefficient (Wildman–Crippen LogP) is 2.70. The number of fused-ring (bicyclic) bond motifs is 2. The van der Waals surface area contributed by atoms with Crippen LogP contribution in [0, 0.1) is 11.3 Å². The third-order valence-electron chi connectivity index (χ3n) is 5.54. The minimum absolute atomic E-state index is 0.113. The van der Waals surface area contributed by atoms with Crippen LogP contribution >= 0.6 is 0 Å². The van der Waals surface area contributed by atoms with E-state index >= 15 is 0 Å². The normalized spacial score (nSPS) is 22.2. The van der Waals surface area contributed by atoms with Gasteiger partial charge in [0.15, 0.2) is 5.41 Å². The number of hydrogen-bond acceptors (Lipinski definition) is 6. The zero-order valence-electron chi connectivity index (χ0n) is 16.3. The van der Waals surface area contributed by atoms with Gasteiger partial charge in [0.05, 0.1) is 20.3 Å². The average molecular weight is 387 g/mol. The Labute approximate surface area is 164 Å². The maximum Gasteiger partial charge on any atom is 0.410 e. The first-order valence-corrected chi connectivity index (χ1v) is 9.32. The highest BCUT2D eigenvalue weighted by Gasteiger charge is 2.64. The molecule has 3 aliphatic rings. The Hall–Kier alpha value is -2.83. The Balaban J connectivity index is 1.92. The van der Waals surface area contributed by atoms with Crippen LogP contribution in [-0.4, -0.2) is 49.7 Å². The van der Waals surface area contributed by atoms with Gasteiger partial charge >= 0.3 is 18.0 Å². The van der Waals surface area contributed by atoms with Gasteiger partial charge in [-0.2, -0.15) is 0 Å². The fourth-order valence-electron chi connectivity index (χ4n) is 4.37. The van der Waals surface area contributed by atoms with Crippen molar-refractivity contribution in [3.8, 4) is 0 Å². The van der Waals surface area contributed by atoms with Gasteiger partial charge in [-0.1, -0.05) is 43.3 Å². The Morgan fingerprint density at radius 3 is 2.32 bits per heavy atom. The molecule has 0 spiro atoms. The fraction of sp³-hybridized carbons (Fsp3) is 0.476. The van der Waals surface area contributed by atoms with Gasteiger partial charge in [-0.05, 0) is 29.9 Å². The molecular formula is C21H25NO6. The minimum atomic E-state index is -1.57. The predicted molar refractivity (Wildman–Crippen MR) is 100 cm³/mol. The van der Waals surface area contributed by atoms with E-state index in [4.69, 9.17) is 14.2 Å². The molecule has 2 bridgehead atoms. The quantitative estimate of drug-likeness (QED) is 0.334. The smallest absolute Gasteiger partial charge is 0.410 e. The number of piperidine rings is 1. The van der Waals surface area contributed by atoms with E-state index in [9.17, 15) is 14.4 Å². The van der Waals surface area contributed by atoms with Crippen molar-refractivity contribution in [2.75, 3.05) is 20.8 Å². The molecule has 1 aliphatic carbocycles. The van der Waals surface area contributed by atoms with Gasteiger partial charge in [0, 0.05) is 6.54 Å². The second-order valence-electron chi connectivity index (χ2n) is 7.11. The van der Waals surface area contributed by atoms with Crippen LogP contribution in [0.5, 0.6) is 0 Å². The first-order valence-electron chi connectivity index (χ1n) is 9.32. The molecule has 0 N–H and O–H groups in total. The molecule has 1 aromatic rings. The van der Waals surface area contributed by atoms with E-state index in [-0.39, 0.29) is 18.9 Å². The van der Waals surface area contributed by atoms with Crippen LogP contribution in [0.1, 0.15) is 25.3 Å². The molecule has 1 fully saturated rings. The molecule has 7 heteroatoms. The largest absolute Gasteiger partial charge is 0.468 e. The van der Waals surface area contributed by atoms with Gasteiger partial charge in [0.2, 0.25) is 0 Å². The monoisotopic (exact) mass is 387 g/mol. The van der Waals surface area contributed by atoms with E-state index in [1.54, 1.807) is 0 Å². The first-order chi connectivity index (χ1) is 13.5. The summed E-state index contributed by atoms with van der Waals surface area (Å²) in [6, 6.07) is 8.56.